The fourth-order valence-electron chi connectivity index (χ4n) is 1.61. The maximum absolute atomic E-state index is 10.6. The molecule has 0 unspecified atom stereocenters. The SMILES string of the molecule is Cc1ncn(-c2ncccc2/C=C/C(=O)O)c1C. The van der Waals surface area contributed by atoms with Crippen molar-refractivity contribution in [2.75, 3.05) is 0 Å². The number of aryl methyl sites for hydroxylation is 1. The van der Waals surface area contributed by atoms with Gasteiger partial charge in [0.25, 0.3) is 0 Å². The minimum Gasteiger partial charge on any atom is -0.478 e. The van der Waals surface area contributed by atoms with E-state index in [0.29, 0.717) is 5.82 Å². The van der Waals surface area contributed by atoms with Gasteiger partial charge in [-0.15, -0.1) is 0 Å². The van der Waals surface area contributed by atoms with Gasteiger partial charge in [0.15, 0.2) is 0 Å². The highest BCUT2D eigenvalue weighted by atomic mass is 16.4. The van der Waals surface area contributed by atoms with Crippen LogP contribution in [0.1, 0.15) is 17.0 Å². The fraction of sp³-hybridized carbons (Fsp3) is 0.154. The number of carboxylic acid groups (broad SMARTS) is 1. The van der Waals surface area contributed by atoms with Crippen molar-refractivity contribution >= 4 is 12.0 Å². The Kier molecular flexibility index (Phi) is 3.23. The third-order valence-electron chi connectivity index (χ3n) is 2.70. The van der Waals surface area contributed by atoms with Gasteiger partial charge < -0.3 is 5.11 Å². The van der Waals surface area contributed by atoms with E-state index in [4.69, 9.17) is 5.11 Å². The number of hydrogen-bond donors (Lipinski definition) is 1. The fourth-order valence-corrected chi connectivity index (χ4v) is 1.61. The lowest BCUT2D eigenvalue weighted by Crippen LogP contribution is -2.01. The molecule has 0 saturated carbocycles. The highest BCUT2D eigenvalue weighted by Crippen LogP contribution is 2.16. The maximum atomic E-state index is 10.6. The summed E-state index contributed by atoms with van der Waals surface area (Å²) in [5.41, 5.74) is 2.65. The summed E-state index contributed by atoms with van der Waals surface area (Å²) in [6.45, 7) is 3.86. The normalized spacial score (nSPS) is 11.0. The molecule has 0 aliphatic rings. The predicted octanol–water partition coefficient (Wildman–Crippen LogP) is 1.98. The molecule has 18 heavy (non-hydrogen) atoms. The van der Waals surface area contributed by atoms with Crippen LogP contribution in [-0.4, -0.2) is 25.6 Å². The minimum absolute atomic E-state index is 0.674. The van der Waals surface area contributed by atoms with Crippen molar-refractivity contribution in [3.05, 3.63) is 47.7 Å². The van der Waals surface area contributed by atoms with Gasteiger partial charge in [0, 0.05) is 23.5 Å². The van der Waals surface area contributed by atoms with Gasteiger partial charge in [0.05, 0.1) is 5.69 Å². The first-order valence-corrected chi connectivity index (χ1v) is 5.46. The molecular weight excluding hydrogens is 230 g/mol. The van der Waals surface area contributed by atoms with E-state index in [-0.39, 0.29) is 0 Å². The van der Waals surface area contributed by atoms with Crippen molar-refractivity contribution in [2.24, 2.45) is 0 Å². The average molecular weight is 243 g/mol. The lowest BCUT2D eigenvalue weighted by atomic mass is 10.2. The summed E-state index contributed by atoms with van der Waals surface area (Å²) in [5.74, 6) is -0.309. The Hall–Kier alpha value is -2.43. The first-order chi connectivity index (χ1) is 8.59. The van der Waals surface area contributed by atoms with E-state index in [0.717, 1.165) is 23.0 Å². The number of hydrogen-bond acceptors (Lipinski definition) is 3. The third-order valence-corrected chi connectivity index (χ3v) is 2.70. The molecule has 5 heteroatoms. The Morgan fingerprint density at radius 3 is 2.78 bits per heavy atom. The van der Waals surface area contributed by atoms with Gasteiger partial charge in [-0.25, -0.2) is 14.8 Å². The van der Waals surface area contributed by atoms with Crippen LogP contribution in [0.25, 0.3) is 11.9 Å². The lowest BCUT2D eigenvalue weighted by Gasteiger charge is -2.07. The Balaban J connectivity index is 2.51. The third kappa shape index (κ3) is 2.29. The van der Waals surface area contributed by atoms with E-state index in [2.05, 4.69) is 9.97 Å². The monoisotopic (exact) mass is 243 g/mol. The Labute approximate surface area is 104 Å². The van der Waals surface area contributed by atoms with Crippen LogP contribution in [0.15, 0.2) is 30.7 Å². The summed E-state index contributed by atoms with van der Waals surface area (Å²) in [7, 11) is 0. The van der Waals surface area contributed by atoms with Crippen molar-refractivity contribution in [1.82, 2.24) is 14.5 Å². The molecule has 2 aromatic rings. The van der Waals surface area contributed by atoms with Crippen molar-refractivity contribution in [1.29, 1.82) is 0 Å². The lowest BCUT2D eigenvalue weighted by molar-refractivity contribution is -0.131. The number of aromatic nitrogens is 3. The zero-order valence-electron chi connectivity index (χ0n) is 10.2. The molecule has 0 aliphatic carbocycles. The first-order valence-electron chi connectivity index (χ1n) is 5.46. The van der Waals surface area contributed by atoms with Crippen LogP contribution in [0, 0.1) is 13.8 Å². The van der Waals surface area contributed by atoms with Crippen LogP contribution in [0.3, 0.4) is 0 Å². The van der Waals surface area contributed by atoms with E-state index in [9.17, 15) is 4.79 Å². The summed E-state index contributed by atoms with van der Waals surface area (Å²) in [5, 5.41) is 8.67. The standard InChI is InChI=1S/C13H13N3O2/c1-9-10(2)16(8-15-9)13-11(4-3-7-14-13)5-6-12(17)18/h3-8H,1-2H3,(H,17,18)/b6-5+. The quantitative estimate of drug-likeness (QED) is 0.837. The predicted molar refractivity (Wildman–Crippen MR) is 67.5 cm³/mol. The second-order valence-electron chi connectivity index (χ2n) is 3.87. The van der Waals surface area contributed by atoms with Gasteiger partial charge in [-0.05, 0) is 32.1 Å². The number of imidazole rings is 1. The van der Waals surface area contributed by atoms with E-state index in [1.807, 2.05) is 24.5 Å². The number of nitrogens with zero attached hydrogens (tertiary/aromatic N) is 3. The molecule has 2 rings (SSSR count). The van der Waals surface area contributed by atoms with Gasteiger partial charge in [-0.3, -0.25) is 4.57 Å². The van der Waals surface area contributed by atoms with Gasteiger partial charge in [0.1, 0.15) is 12.1 Å². The molecule has 2 aromatic heterocycles. The maximum Gasteiger partial charge on any atom is 0.328 e. The largest absolute Gasteiger partial charge is 0.478 e. The highest BCUT2D eigenvalue weighted by Gasteiger charge is 2.08. The average Bonchev–Trinajstić information content (AvgIpc) is 2.68. The summed E-state index contributed by atoms with van der Waals surface area (Å²) in [4.78, 5) is 19.1. The molecule has 1 N–H and O–H groups in total. The van der Waals surface area contributed by atoms with Crippen molar-refractivity contribution in [2.45, 2.75) is 13.8 Å². The minimum atomic E-state index is -0.983. The molecule has 0 fully saturated rings. The Morgan fingerprint density at radius 2 is 2.17 bits per heavy atom. The van der Waals surface area contributed by atoms with Gasteiger partial charge in [-0.2, -0.15) is 0 Å². The van der Waals surface area contributed by atoms with Gasteiger partial charge >= 0.3 is 5.97 Å². The first kappa shape index (κ1) is 12.0. The van der Waals surface area contributed by atoms with Crippen LogP contribution in [-0.2, 0) is 4.79 Å². The van der Waals surface area contributed by atoms with Crippen molar-refractivity contribution < 1.29 is 9.90 Å². The van der Waals surface area contributed by atoms with E-state index < -0.39 is 5.97 Å². The molecule has 92 valence electrons. The van der Waals surface area contributed by atoms with Crippen molar-refractivity contribution in [3.63, 3.8) is 0 Å². The molecule has 0 saturated heterocycles. The van der Waals surface area contributed by atoms with E-state index in [1.165, 1.54) is 6.08 Å². The molecule has 0 aromatic carbocycles. The summed E-state index contributed by atoms with van der Waals surface area (Å²) >= 11 is 0. The number of carbonyl (C=O) groups is 1. The molecule has 0 atom stereocenters. The van der Waals surface area contributed by atoms with Crippen LogP contribution < -0.4 is 0 Å². The second-order valence-corrected chi connectivity index (χ2v) is 3.87. The number of aliphatic carboxylic acids is 1. The summed E-state index contributed by atoms with van der Waals surface area (Å²) < 4.78 is 1.84. The molecule has 5 nitrogen and oxygen atoms in total. The summed E-state index contributed by atoms with van der Waals surface area (Å²) in [6, 6.07) is 3.58. The Bertz CT molecular complexity index is 614. The summed E-state index contributed by atoms with van der Waals surface area (Å²) in [6.07, 6.45) is 5.98. The molecule has 0 radical (unpaired) electrons. The van der Waals surface area contributed by atoms with E-state index >= 15 is 0 Å². The highest BCUT2D eigenvalue weighted by molar-refractivity contribution is 5.85. The van der Waals surface area contributed by atoms with Gasteiger partial charge in [0.2, 0.25) is 0 Å². The van der Waals surface area contributed by atoms with Crippen LogP contribution in [0.2, 0.25) is 0 Å². The smallest absolute Gasteiger partial charge is 0.328 e. The number of pyridine rings is 1. The molecule has 0 aliphatic heterocycles. The zero-order valence-corrected chi connectivity index (χ0v) is 10.2. The van der Waals surface area contributed by atoms with Crippen LogP contribution >= 0.6 is 0 Å². The second kappa shape index (κ2) is 4.83. The van der Waals surface area contributed by atoms with Crippen LogP contribution in [0.5, 0.6) is 0 Å². The molecule has 0 amide bonds. The van der Waals surface area contributed by atoms with Crippen molar-refractivity contribution in [3.8, 4) is 5.82 Å². The number of rotatable bonds is 3. The molecule has 2 heterocycles. The van der Waals surface area contributed by atoms with Crippen LogP contribution in [0.4, 0.5) is 0 Å². The molecular formula is C13H13N3O2. The Morgan fingerprint density at radius 1 is 1.39 bits per heavy atom. The van der Waals surface area contributed by atoms with Gasteiger partial charge in [-0.1, -0.05) is 0 Å². The molecule has 0 spiro atoms. The van der Waals surface area contributed by atoms with E-state index in [1.54, 1.807) is 18.6 Å². The molecule has 0 bridgehead atoms. The zero-order chi connectivity index (χ0) is 13.1. The topological polar surface area (TPSA) is 68.0 Å². The number of carboxylic acids is 1.